The van der Waals surface area contributed by atoms with Crippen molar-refractivity contribution in [1.29, 1.82) is 0 Å². The van der Waals surface area contributed by atoms with Gasteiger partial charge in [-0.15, -0.1) is 0 Å². The third kappa shape index (κ3) is 6.22. The Morgan fingerprint density at radius 3 is 2.62 bits per heavy atom. The fourth-order valence-electron chi connectivity index (χ4n) is 0.505. The Balaban J connectivity index is 3.03. The molecule has 0 saturated carbocycles. The van der Waals surface area contributed by atoms with Gasteiger partial charge in [-0.05, 0) is 17.8 Å². The van der Waals surface area contributed by atoms with E-state index in [1.165, 1.54) is 23.7 Å². The quantitative estimate of drug-likeness (QED) is 0.579. The van der Waals surface area contributed by atoms with E-state index in [1.54, 1.807) is 0 Å². The molecule has 0 nitrogen and oxygen atoms in total. The lowest BCUT2D eigenvalue weighted by atomic mass is 10.2. The van der Waals surface area contributed by atoms with Crippen LogP contribution in [0.1, 0.15) is 33.1 Å². The van der Waals surface area contributed by atoms with Gasteiger partial charge in [0.2, 0.25) is 0 Å². The summed E-state index contributed by atoms with van der Waals surface area (Å²) in [6, 6.07) is 0. The largest absolute Gasteiger partial charge is 0.0747 e. The highest BCUT2D eigenvalue weighted by Crippen LogP contribution is 2.05. The van der Waals surface area contributed by atoms with E-state index in [9.17, 15) is 0 Å². The minimum atomic E-state index is 1.22. The Morgan fingerprint density at radius 2 is 2.25 bits per heavy atom. The van der Waals surface area contributed by atoms with Crippen LogP contribution in [-0.4, -0.2) is 0 Å². The molecule has 0 rings (SSSR count). The van der Waals surface area contributed by atoms with Gasteiger partial charge >= 0.3 is 0 Å². The lowest BCUT2D eigenvalue weighted by Crippen LogP contribution is -1.66. The number of rotatable bonds is 3. The highest BCUT2D eigenvalue weighted by Gasteiger charge is 1.79. The van der Waals surface area contributed by atoms with Crippen molar-refractivity contribution in [2.75, 3.05) is 0 Å². The number of unbranched alkanes of at least 4 members (excludes halogenated alkanes) is 2. The third-order valence-electron chi connectivity index (χ3n) is 0.983. The summed E-state index contributed by atoms with van der Waals surface area (Å²) in [4.78, 5) is 0. The van der Waals surface area contributed by atoms with Gasteiger partial charge in [-0.1, -0.05) is 41.8 Å². The zero-order valence-corrected chi connectivity index (χ0v) is 7.16. The first kappa shape index (κ1) is 8.22. The van der Waals surface area contributed by atoms with Gasteiger partial charge in [0.05, 0.1) is 0 Å². The molecule has 0 N–H and O–H groups in total. The van der Waals surface area contributed by atoms with Crippen molar-refractivity contribution in [2.24, 2.45) is 0 Å². The first-order chi connectivity index (χ1) is 3.77. The summed E-state index contributed by atoms with van der Waals surface area (Å²) in [5.74, 6) is 0. The molecule has 0 unspecified atom stereocenters. The molecule has 1 heteroatoms. The molecule has 0 saturated heterocycles. The van der Waals surface area contributed by atoms with Gasteiger partial charge in [0, 0.05) is 0 Å². The van der Waals surface area contributed by atoms with Crippen LogP contribution in [0.5, 0.6) is 0 Å². The van der Waals surface area contributed by atoms with E-state index < -0.39 is 0 Å². The zero-order valence-electron chi connectivity index (χ0n) is 5.58. The van der Waals surface area contributed by atoms with Crippen molar-refractivity contribution in [3.63, 3.8) is 0 Å². The SMILES string of the molecule is CCCC/C=C(/C)Br. The topological polar surface area (TPSA) is 0 Å². The maximum Gasteiger partial charge on any atom is -0.0120 e. The Labute approximate surface area is 60.1 Å². The molecule has 0 aliphatic heterocycles. The van der Waals surface area contributed by atoms with E-state index in [0.29, 0.717) is 0 Å². The van der Waals surface area contributed by atoms with E-state index in [-0.39, 0.29) is 0 Å². The van der Waals surface area contributed by atoms with E-state index in [2.05, 4.69) is 35.9 Å². The van der Waals surface area contributed by atoms with Gasteiger partial charge in [-0.2, -0.15) is 0 Å². The summed E-state index contributed by atoms with van der Waals surface area (Å²) in [5.41, 5.74) is 0. The van der Waals surface area contributed by atoms with E-state index in [4.69, 9.17) is 0 Å². The molecule has 0 aromatic rings. The van der Waals surface area contributed by atoms with Crippen molar-refractivity contribution in [1.82, 2.24) is 0 Å². The number of allylic oxidation sites excluding steroid dienone is 2. The molecule has 8 heavy (non-hydrogen) atoms. The molecule has 48 valence electrons. The molecule has 0 aliphatic rings. The smallest absolute Gasteiger partial charge is 0.0120 e. The number of halogens is 1. The standard InChI is InChI=1S/C7H13Br/c1-3-4-5-6-7(2)8/h6H,3-5H2,1-2H3/b7-6-. The maximum absolute atomic E-state index is 3.37. The van der Waals surface area contributed by atoms with Crippen molar-refractivity contribution in [3.05, 3.63) is 10.6 Å². The minimum Gasteiger partial charge on any atom is -0.0747 e. The molecule has 0 aliphatic carbocycles. The molecule has 0 spiro atoms. The molecule has 0 heterocycles. The van der Waals surface area contributed by atoms with Crippen LogP contribution in [0.2, 0.25) is 0 Å². The molecule has 0 radical (unpaired) electrons. The van der Waals surface area contributed by atoms with Gasteiger partial charge in [0.1, 0.15) is 0 Å². The molecular weight excluding hydrogens is 164 g/mol. The predicted octanol–water partition coefficient (Wildman–Crippen LogP) is 3.48. The summed E-state index contributed by atoms with van der Waals surface area (Å²) in [6.45, 7) is 4.27. The molecular formula is C7H13Br. The molecule has 0 aromatic heterocycles. The molecule has 0 atom stereocenters. The van der Waals surface area contributed by atoms with Crippen LogP contribution in [0, 0.1) is 0 Å². The highest BCUT2D eigenvalue weighted by molar-refractivity contribution is 9.11. The summed E-state index contributed by atoms with van der Waals surface area (Å²) in [5, 5.41) is 0. The Hall–Kier alpha value is 0.220. The van der Waals surface area contributed by atoms with Gasteiger partial charge < -0.3 is 0 Å². The second kappa shape index (κ2) is 5.36. The van der Waals surface area contributed by atoms with Crippen LogP contribution in [0.25, 0.3) is 0 Å². The number of hydrogen-bond donors (Lipinski definition) is 0. The minimum absolute atomic E-state index is 1.22. The van der Waals surface area contributed by atoms with Crippen LogP contribution in [0.15, 0.2) is 10.6 Å². The predicted molar refractivity (Wildman–Crippen MR) is 42.2 cm³/mol. The lowest BCUT2D eigenvalue weighted by molar-refractivity contribution is 0.813. The van der Waals surface area contributed by atoms with Crippen LogP contribution < -0.4 is 0 Å². The average Bonchev–Trinajstić information content (AvgIpc) is 1.66. The first-order valence-electron chi connectivity index (χ1n) is 3.09. The van der Waals surface area contributed by atoms with Crippen LogP contribution >= 0.6 is 15.9 Å². The van der Waals surface area contributed by atoms with Gasteiger partial charge in [0.15, 0.2) is 0 Å². The maximum atomic E-state index is 3.37. The fourth-order valence-corrected chi connectivity index (χ4v) is 0.734. The normalized spacial score (nSPS) is 12.1. The zero-order chi connectivity index (χ0) is 6.41. The first-order valence-corrected chi connectivity index (χ1v) is 3.89. The molecule has 0 fully saturated rings. The summed E-state index contributed by atoms with van der Waals surface area (Å²) in [7, 11) is 0. The van der Waals surface area contributed by atoms with E-state index in [1.807, 2.05) is 0 Å². The van der Waals surface area contributed by atoms with Crippen LogP contribution in [0.3, 0.4) is 0 Å². The fraction of sp³-hybridized carbons (Fsp3) is 0.714. The second-order valence-electron chi connectivity index (χ2n) is 1.93. The Kier molecular flexibility index (Phi) is 5.51. The third-order valence-corrected chi connectivity index (χ3v) is 1.31. The Morgan fingerprint density at radius 1 is 1.62 bits per heavy atom. The average molecular weight is 177 g/mol. The summed E-state index contributed by atoms with van der Waals surface area (Å²) < 4.78 is 1.26. The summed E-state index contributed by atoms with van der Waals surface area (Å²) >= 11 is 3.37. The van der Waals surface area contributed by atoms with Crippen molar-refractivity contribution >= 4 is 15.9 Å². The van der Waals surface area contributed by atoms with Crippen LogP contribution in [0.4, 0.5) is 0 Å². The second-order valence-corrected chi connectivity index (χ2v) is 3.18. The van der Waals surface area contributed by atoms with E-state index >= 15 is 0 Å². The van der Waals surface area contributed by atoms with Crippen molar-refractivity contribution in [2.45, 2.75) is 33.1 Å². The molecule has 0 bridgehead atoms. The highest BCUT2D eigenvalue weighted by atomic mass is 79.9. The van der Waals surface area contributed by atoms with Crippen LogP contribution in [-0.2, 0) is 0 Å². The lowest BCUT2D eigenvalue weighted by Gasteiger charge is -1.87. The Bertz CT molecular complexity index is 70.5. The van der Waals surface area contributed by atoms with Gasteiger partial charge in [-0.3, -0.25) is 0 Å². The monoisotopic (exact) mass is 176 g/mol. The molecule has 0 aromatic carbocycles. The summed E-state index contributed by atoms with van der Waals surface area (Å²) in [6.07, 6.45) is 6.02. The number of hydrogen-bond acceptors (Lipinski definition) is 0. The van der Waals surface area contributed by atoms with Gasteiger partial charge in [0.25, 0.3) is 0 Å². The van der Waals surface area contributed by atoms with Gasteiger partial charge in [-0.25, -0.2) is 0 Å². The van der Waals surface area contributed by atoms with Crippen molar-refractivity contribution in [3.8, 4) is 0 Å². The molecule has 0 amide bonds. The van der Waals surface area contributed by atoms with E-state index in [0.717, 1.165) is 0 Å². The van der Waals surface area contributed by atoms with Crippen molar-refractivity contribution < 1.29 is 0 Å².